The average Bonchev–Trinajstić information content (AvgIpc) is 3.09. The van der Waals surface area contributed by atoms with Crippen LogP contribution in [0.15, 0.2) is 30.3 Å². The standard InChI is InChI=1S/C17H18N4/c1-11-15-9-19-8-13(15)10-21(11)17-6-12(7-18)14-4-2-3-5-16(14)20-17/h2-6,11,13,15,19H,8-10H2,1H3. The fourth-order valence-corrected chi connectivity index (χ4v) is 3.87. The molecule has 0 aliphatic carbocycles. The number of para-hydroxylation sites is 1. The molecule has 3 heterocycles. The van der Waals surface area contributed by atoms with E-state index >= 15 is 0 Å². The van der Waals surface area contributed by atoms with E-state index in [1.165, 1.54) is 0 Å². The smallest absolute Gasteiger partial charge is 0.130 e. The summed E-state index contributed by atoms with van der Waals surface area (Å²) in [6.45, 7) is 5.51. The van der Waals surface area contributed by atoms with Crippen molar-refractivity contribution in [3.63, 3.8) is 0 Å². The summed E-state index contributed by atoms with van der Waals surface area (Å²) in [6.07, 6.45) is 0. The summed E-state index contributed by atoms with van der Waals surface area (Å²) in [5, 5.41) is 13.8. The molecular weight excluding hydrogens is 260 g/mol. The second kappa shape index (κ2) is 4.71. The molecule has 3 unspecified atom stereocenters. The summed E-state index contributed by atoms with van der Waals surface area (Å²) in [5.74, 6) is 2.36. The van der Waals surface area contributed by atoms with Crippen LogP contribution in [0.1, 0.15) is 12.5 Å². The molecule has 4 rings (SSSR count). The molecule has 106 valence electrons. The Morgan fingerprint density at radius 3 is 3.00 bits per heavy atom. The number of nitrogens with one attached hydrogen (secondary N) is 1. The van der Waals surface area contributed by atoms with Gasteiger partial charge in [0.05, 0.1) is 17.1 Å². The Labute approximate surface area is 124 Å². The number of aromatic nitrogens is 1. The van der Waals surface area contributed by atoms with E-state index in [-0.39, 0.29) is 0 Å². The molecule has 2 saturated heterocycles. The Bertz CT molecular complexity index is 733. The Balaban J connectivity index is 1.79. The zero-order valence-electron chi connectivity index (χ0n) is 12.1. The molecule has 0 radical (unpaired) electrons. The van der Waals surface area contributed by atoms with Crippen LogP contribution in [-0.2, 0) is 0 Å². The molecule has 0 saturated carbocycles. The molecule has 2 aromatic rings. The van der Waals surface area contributed by atoms with E-state index in [4.69, 9.17) is 4.98 Å². The zero-order chi connectivity index (χ0) is 14.4. The molecule has 4 heteroatoms. The third-order valence-electron chi connectivity index (χ3n) is 5.05. The SMILES string of the molecule is CC1C2CNCC2CN1c1cc(C#N)c2ccccc2n1. The highest BCUT2D eigenvalue weighted by atomic mass is 15.3. The van der Waals surface area contributed by atoms with E-state index < -0.39 is 0 Å². The van der Waals surface area contributed by atoms with E-state index in [1.807, 2.05) is 30.3 Å². The first-order valence-electron chi connectivity index (χ1n) is 7.55. The molecule has 4 nitrogen and oxygen atoms in total. The normalized spacial score (nSPS) is 27.8. The van der Waals surface area contributed by atoms with Crippen molar-refractivity contribution in [3.05, 3.63) is 35.9 Å². The van der Waals surface area contributed by atoms with Crippen LogP contribution in [0.3, 0.4) is 0 Å². The van der Waals surface area contributed by atoms with Crippen LogP contribution in [0.2, 0.25) is 0 Å². The first-order valence-corrected chi connectivity index (χ1v) is 7.55. The summed E-state index contributed by atoms with van der Waals surface area (Å²) in [7, 11) is 0. The first kappa shape index (κ1) is 12.6. The number of anilines is 1. The van der Waals surface area contributed by atoms with Crippen LogP contribution >= 0.6 is 0 Å². The molecule has 2 aliphatic heterocycles. The van der Waals surface area contributed by atoms with Crippen LogP contribution in [0.4, 0.5) is 5.82 Å². The first-order chi connectivity index (χ1) is 10.3. The van der Waals surface area contributed by atoms with Gasteiger partial charge in [-0.25, -0.2) is 4.98 Å². The maximum Gasteiger partial charge on any atom is 0.130 e. The van der Waals surface area contributed by atoms with Gasteiger partial charge in [-0.2, -0.15) is 5.26 Å². The average molecular weight is 278 g/mol. The Morgan fingerprint density at radius 2 is 2.19 bits per heavy atom. The maximum absolute atomic E-state index is 9.42. The number of rotatable bonds is 1. The Kier molecular flexibility index (Phi) is 2.83. The van der Waals surface area contributed by atoms with Crippen molar-refractivity contribution in [1.82, 2.24) is 10.3 Å². The molecule has 1 aromatic carbocycles. The van der Waals surface area contributed by atoms with Gasteiger partial charge in [0.15, 0.2) is 0 Å². The fraction of sp³-hybridized carbons (Fsp3) is 0.412. The van der Waals surface area contributed by atoms with Gasteiger partial charge in [0.2, 0.25) is 0 Å². The molecule has 2 aliphatic rings. The zero-order valence-corrected chi connectivity index (χ0v) is 12.1. The van der Waals surface area contributed by atoms with Crippen molar-refractivity contribution in [1.29, 1.82) is 5.26 Å². The number of fused-ring (bicyclic) bond motifs is 2. The second-order valence-electron chi connectivity index (χ2n) is 6.13. The molecular formula is C17H18N4. The van der Waals surface area contributed by atoms with Crippen molar-refractivity contribution in [2.24, 2.45) is 11.8 Å². The molecule has 1 aromatic heterocycles. The van der Waals surface area contributed by atoms with E-state index in [1.54, 1.807) is 0 Å². The number of pyridine rings is 1. The minimum absolute atomic E-state index is 0.477. The summed E-state index contributed by atoms with van der Waals surface area (Å²) < 4.78 is 0. The minimum atomic E-state index is 0.477. The van der Waals surface area contributed by atoms with Crippen LogP contribution in [0.5, 0.6) is 0 Å². The van der Waals surface area contributed by atoms with Crippen molar-refractivity contribution in [2.75, 3.05) is 24.5 Å². The molecule has 0 spiro atoms. The number of hydrogen-bond acceptors (Lipinski definition) is 4. The third kappa shape index (κ3) is 1.89. The van der Waals surface area contributed by atoms with Gasteiger partial charge < -0.3 is 10.2 Å². The third-order valence-corrected chi connectivity index (χ3v) is 5.05. The predicted octanol–water partition coefficient (Wildman–Crippen LogP) is 2.15. The van der Waals surface area contributed by atoms with Gasteiger partial charge in [0.1, 0.15) is 5.82 Å². The number of hydrogen-bond donors (Lipinski definition) is 1. The van der Waals surface area contributed by atoms with Crippen LogP contribution < -0.4 is 10.2 Å². The Morgan fingerprint density at radius 1 is 1.33 bits per heavy atom. The van der Waals surface area contributed by atoms with E-state index in [2.05, 4.69) is 23.2 Å². The molecule has 0 amide bonds. The largest absolute Gasteiger partial charge is 0.353 e. The molecule has 2 fully saturated rings. The topological polar surface area (TPSA) is 52.0 Å². The lowest BCUT2D eigenvalue weighted by Crippen LogP contribution is -2.33. The van der Waals surface area contributed by atoms with Gasteiger partial charge in [-0.1, -0.05) is 18.2 Å². The fourth-order valence-electron chi connectivity index (χ4n) is 3.87. The monoisotopic (exact) mass is 278 g/mol. The summed E-state index contributed by atoms with van der Waals surface area (Å²) in [5.41, 5.74) is 1.63. The highest BCUT2D eigenvalue weighted by molar-refractivity contribution is 5.86. The molecule has 0 bridgehead atoms. The molecule has 3 atom stereocenters. The summed E-state index contributed by atoms with van der Waals surface area (Å²) in [4.78, 5) is 7.18. The van der Waals surface area contributed by atoms with E-state index in [0.717, 1.165) is 41.9 Å². The van der Waals surface area contributed by atoms with Crippen LogP contribution in [0, 0.1) is 23.2 Å². The van der Waals surface area contributed by atoms with Gasteiger partial charge in [-0.15, -0.1) is 0 Å². The number of nitriles is 1. The lowest BCUT2D eigenvalue weighted by atomic mass is 9.95. The molecule has 1 N–H and O–H groups in total. The van der Waals surface area contributed by atoms with Gasteiger partial charge in [-0.3, -0.25) is 0 Å². The lowest BCUT2D eigenvalue weighted by molar-refractivity contribution is 0.471. The van der Waals surface area contributed by atoms with Gasteiger partial charge in [0, 0.05) is 31.1 Å². The summed E-state index contributed by atoms with van der Waals surface area (Å²) in [6, 6.07) is 12.6. The van der Waals surface area contributed by atoms with Crippen molar-refractivity contribution in [3.8, 4) is 6.07 Å². The van der Waals surface area contributed by atoms with E-state index in [0.29, 0.717) is 17.9 Å². The highest BCUT2D eigenvalue weighted by Crippen LogP contribution is 2.36. The van der Waals surface area contributed by atoms with E-state index in [9.17, 15) is 5.26 Å². The summed E-state index contributed by atoms with van der Waals surface area (Å²) >= 11 is 0. The Hall–Kier alpha value is -2.12. The predicted molar refractivity (Wildman–Crippen MR) is 83.1 cm³/mol. The van der Waals surface area contributed by atoms with Gasteiger partial charge in [-0.05, 0) is 30.9 Å². The van der Waals surface area contributed by atoms with Crippen LogP contribution in [-0.4, -0.2) is 30.7 Å². The van der Waals surface area contributed by atoms with Crippen molar-refractivity contribution >= 4 is 16.7 Å². The van der Waals surface area contributed by atoms with Crippen molar-refractivity contribution in [2.45, 2.75) is 13.0 Å². The number of benzene rings is 1. The molecule has 21 heavy (non-hydrogen) atoms. The quantitative estimate of drug-likeness (QED) is 0.868. The lowest BCUT2D eigenvalue weighted by Gasteiger charge is -2.26. The number of nitrogens with zero attached hydrogens (tertiary/aromatic N) is 3. The van der Waals surface area contributed by atoms with Gasteiger partial charge in [0.25, 0.3) is 0 Å². The highest BCUT2D eigenvalue weighted by Gasteiger charge is 2.42. The maximum atomic E-state index is 9.42. The van der Waals surface area contributed by atoms with Crippen molar-refractivity contribution < 1.29 is 0 Å². The second-order valence-corrected chi connectivity index (χ2v) is 6.13. The van der Waals surface area contributed by atoms with Gasteiger partial charge >= 0.3 is 0 Å². The van der Waals surface area contributed by atoms with Crippen LogP contribution in [0.25, 0.3) is 10.9 Å². The minimum Gasteiger partial charge on any atom is -0.353 e.